The molecule has 0 saturated heterocycles. The molecule has 0 aliphatic carbocycles. The van der Waals surface area contributed by atoms with Crippen molar-refractivity contribution in [1.29, 1.82) is 5.26 Å². The van der Waals surface area contributed by atoms with Gasteiger partial charge in [-0.25, -0.2) is 0 Å². The van der Waals surface area contributed by atoms with Gasteiger partial charge in [0.15, 0.2) is 0 Å². The minimum absolute atomic E-state index is 0.194. The SMILES string of the molecule is CCC(CC#N)NC(=O)C(C)C(C)C(=O)O. The summed E-state index contributed by atoms with van der Waals surface area (Å²) >= 11 is 0. The lowest BCUT2D eigenvalue weighted by Gasteiger charge is -2.19. The highest BCUT2D eigenvalue weighted by Gasteiger charge is 2.26. The third-order valence-corrected chi connectivity index (χ3v) is 2.73. The summed E-state index contributed by atoms with van der Waals surface area (Å²) < 4.78 is 0. The molecule has 0 aromatic carbocycles. The Bertz CT molecular complexity index is 296. The number of hydrogen-bond acceptors (Lipinski definition) is 3. The van der Waals surface area contributed by atoms with Crippen LogP contribution in [0.3, 0.4) is 0 Å². The largest absolute Gasteiger partial charge is 0.481 e. The molecule has 0 radical (unpaired) electrons. The van der Waals surface area contributed by atoms with Crippen LogP contribution < -0.4 is 5.32 Å². The van der Waals surface area contributed by atoms with Crippen LogP contribution in [0.4, 0.5) is 0 Å². The number of hydrogen-bond donors (Lipinski definition) is 2. The molecular weight excluding hydrogens is 208 g/mol. The Hall–Kier alpha value is -1.57. The number of carboxylic acid groups (broad SMARTS) is 1. The van der Waals surface area contributed by atoms with Gasteiger partial charge in [-0.2, -0.15) is 5.26 Å². The van der Waals surface area contributed by atoms with Gasteiger partial charge in [-0.05, 0) is 6.42 Å². The summed E-state index contributed by atoms with van der Waals surface area (Å²) in [5.41, 5.74) is 0. The summed E-state index contributed by atoms with van der Waals surface area (Å²) in [6, 6.07) is 1.79. The third kappa shape index (κ3) is 4.30. The van der Waals surface area contributed by atoms with Crippen LogP contribution in [0.15, 0.2) is 0 Å². The Balaban J connectivity index is 4.34. The number of carbonyl (C=O) groups excluding carboxylic acids is 1. The lowest BCUT2D eigenvalue weighted by Crippen LogP contribution is -2.40. The topological polar surface area (TPSA) is 90.2 Å². The molecule has 0 fully saturated rings. The summed E-state index contributed by atoms with van der Waals surface area (Å²) in [5.74, 6) is -2.61. The van der Waals surface area contributed by atoms with Crippen molar-refractivity contribution in [2.45, 2.75) is 39.7 Å². The number of nitriles is 1. The van der Waals surface area contributed by atoms with E-state index in [9.17, 15) is 9.59 Å². The predicted octanol–water partition coefficient (Wildman–Crippen LogP) is 1.15. The molecule has 5 heteroatoms. The number of rotatable bonds is 6. The minimum atomic E-state index is -0.990. The van der Waals surface area contributed by atoms with Gasteiger partial charge in [0.25, 0.3) is 0 Å². The highest BCUT2D eigenvalue weighted by atomic mass is 16.4. The van der Waals surface area contributed by atoms with Gasteiger partial charge in [0.2, 0.25) is 5.91 Å². The fraction of sp³-hybridized carbons (Fsp3) is 0.727. The molecule has 0 bridgehead atoms. The van der Waals surface area contributed by atoms with Gasteiger partial charge in [0, 0.05) is 12.0 Å². The van der Waals surface area contributed by atoms with Crippen molar-refractivity contribution in [2.24, 2.45) is 11.8 Å². The first kappa shape index (κ1) is 14.4. The fourth-order valence-electron chi connectivity index (χ4n) is 1.18. The number of nitrogens with one attached hydrogen (secondary N) is 1. The number of amides is 1. The van der Waals surface area contributed by atoms with E-state index in [1.165, 1.54) is 6.92 Å². The molecule has 0 aliphatic rings. The molecule has 90 valence electrons. The molecule has 0 aromatic heterocycles. The quantitative estimate of drug-likeness (QED) is 0.710. The Morgan fingerprint density at radius 1 is 1.38 bits per heavy atom. The Kier molecular flexibility index (Phi) is 6.16. The van der Waals surface area contributed by atoms with Crippen molar-refractivity contribution in [3.8, 4) is 6.07 Å². The number of nitrogens with zero attached hydrogens (tertiary/aromatic N) is 1. The summed E-state index contributed by atoms with van der Waals surface area (Å²) in [4.78, 5) is 22.3. The van der Waals surface area contributed by atoms with E-state index in [2.05, 4.69) is 5.32 Å². The fourth-order valence-corrected chi connectivity index (χ4v) is 1.18. The highest BCUT2D eigenvalue weighted by Crippen LogP contribution is 2.12. The molecule has 1 amide bonds. The third-order valence-electron chi connectivity index (χ3n) is 2.73. The molecule has 0 aliphatic heterocycles. The zero-order valence-electron chi connectivity index (χ0n) is 9.86. The summed E-state index contributed by atoms with van der Waals surface area (Å²) in [7, 11) is 0. The van der Waals surface area contributed by atoms with Crippen LogP contribution in [0, 0.1) is 23.2 Å². The smallest absolute Gasteiger partial charge is 0.307 e. The molecule has 0 rings (SSSR count). The molecule has 16 heavy (non-hydrogen) atoms. The van der Waals surface area contributed by atoms with E-state index in [0.717, 1.165) is 0 Å². The molecule has 5 nitrogen and oxygen atoms in total. The zero-order chi connectivity index (χ0) is 12.7. The van der Waals surface area contributed by atoms with Crippen LogP contribution >= 0.6 is 0 Å². The average molecular weight is 226 g/mol. The predicted molar refractivity (Wildman–Crippen MR) is 58.4 cm³/mol. The van der Waals surface area contributed by atoms with E-state index in [1.54, 1.807) is 6.92 Å². The normalized spacial score (nSPS) is 15.6. The van der Waals surface area contributed by atoms with E-state index in [1.807, 2.05) is 13.0 Å². The van der Waals surface area contributed by atoms with Crippen LogP contribution in [0.1, 0.15) is 33.6 Å². The molecule has 0 spiro atoms. The highest BCUT2D eigenvalue weighted by molar-refractivity contribution is 5.84. The molecule has 2 N–H and O–H groups in total. The number of carbonyl (C=O) groups is 2. The summed E-state index contributed by atoms with van der Waals surface area (Å²) in [6.07, 6.45) is 0.907. The van der Waals surface area contributed by atoms with Gasteiger partial charge < -0.3 is 10.4 Å². The van der Waals surface area contributed by atoms with Gasteiger partial charge in [0.1, 0.15) is 0 Å². The maximum Gasteiger partial charge on any atom is 0.307 e. The molecule has 3 atom stereocenters. The van der Waals surface area contributed by atoms with Gasteiger partial charge in [0.05, 0.1) is 18.4 Å². The summed E-state index contributed by atoms with van der Waals surface area (Å²) in [6.45, 7) is 4.94. The van der Waals surface area contributed by atoms with Crippen LogP contribution in [-0.4, -0.2) is 23.0 Å². The maximum absolute atomic E-state index is 11.6. The van der Waals surface area contributed by atoms with Gasteiger partial charge >= 0.3 is 5.97 Å². The van der Waals surface area contributed by atoms with Gasteiger partial charge in [-0.1, -0.05) is 20.8 Å². The Labute approximate surface area is 95.4 Å². The lowest BCUT2D eigenvalue weighted by molar-refractivity contribution is -0.146. The minimum Gasteiger partial charge on any atom is -0.481 e. The van der Waals surface area contributed by atoms with E-state index in [-0.39, 0.29) is 18.4 Å². The zero-order valence-corrected chi connectivity index (χ0v) is 9.86. The van der Waals surface area contributed by atoms with E-state index >= 15 is 0 Å². The van der Waals surface area contributed by atoms with Crippen molar-refractivity contribution in [3.63, 3.8) is 0 Å². The monoisotopic (exact) mass is 226 g/mol. The van der Waals surface area contributed by atoms with Crippen molar-refractivity contribution < 1.29 is 14.7 Å². The Morgan fingerprint density at radius 3 is 2.31 bits per heavy atom. The maximum atomic E-state index is 11.6. The van der Waals surface area contributed by atoms with Crippen LogP contribution in [0.25, 0.3) is 0 Å². The first-order valence-corrected chi connectivity index (χ1v) is 5.34. The van der Waals surface area contributed by atoms with Crippen LogP contribution in [0.5, 0.6) is 0 Å². The van der Waals surface area contributed by atoms with Crippen LogP contribution in [0.2, 0.25) is 0 Å². The standard InChI is InChI=1S/C11H18N2O3/c1-4-9(5-6-12)13-10(14)7(2)8(3)11(15)16/h7-9H,4-5H2,1-3H3,(H,13,14)(H,15,16). The number of carboxylic acids is 1. The molecular formula is C11H18N2O3. The lowest BCUT2D eigenvalue weighted by atomic mass is 9.95. The van der Waals surface area contributed by atoms with Crippen molar-refractivity contribution in [3.05, 3.63) is 0 Å². The molecule has 0 heterocycles. The van der Waals surface area contributed by atoms with E-state index in [4.69, 9.17) is 10.4 Å². The van der Waals surface area contributed by atoms with E-state index in [0.29, 0.717) is 6.42 Å². The van der Waals surface area contributed by atoms with Crippen molar-refractivity contribution >= 4 is 11.9 Å². The summed E-state index contributed by atoms with van der Waals surface area (Å²) in [5, 5.41) is 20.0. The molecule has 3 unspecified atom stereocenters. The van der Waals surface area contributed by atoms with Gasteiger partial charge in [-0.3, -0.25) is 9.59 Å². The van der Waals surface area contributed by atoms with E-state index < -0.39 is 17.8 Å². The first-order chi connectivity index (χ1) is 7.43. The Morgan fingerprint density at radius 2 is 1.94 bits per heavy atom. The van der Waals surface area contributed by atoms with Crippen molar-refractivity contribution in [2.75, 3.05) is 0 Å². The second kappa shape index (κ2) is 6.83. The molecule has 0 saturated carbocycles. The molecule has 0 aromatic rings. The van der Waals surface area contributed by atoms with Crippen molar-refractivity contribution in [1.82, 2.24) is 5.32 Å². The number of aliphatic carboxylic acids is 1. The average Bonchev–Trinajstić information content (AvgIpc) is 2.25. The second-order valence-electron chi connectivity index (χ2n) is 3.89. The van der Waals surface area contributed by atoms with Crippen LogP contribution in [-0.2, 0) is 9.59 Å². The first-order valence-electron chi connectivity index (χ1n) is 5.34. The van der Waals surface area contributed by atoms with Gasteiger partial charge in [-0.15, -0.1) is 0 Å². The second-order valence-corrected chi connectivity index (χ2v) is 3.89.